The molecule has 0 aliphatic carbocycles. The Labute approximate surface area is 133 Å². The summed E-state index contributed by atoms with van der Waals surface area (Å²) in [5.41, 5.74) is -1.64. The van der Waals surface area contributed by atoms with E-state index >= 15 is 0 Å². The van der Waals surface area contributed by atoms with E-state index in [1.165, 1.54) is 0 Å². The van der Waals surface area contributed by atoms with Crippen LogP contribution in [0.25, 0.3) is 0 Å². The number of carbonyl (C=O) groups is 3. The Hall–Kier alpha value is -3.75. The minimum atomic E-state index is -1.51. The number of carboxylic acid groups (broad SMARTS) is 2. The van der Waals surface area contributed by atoms with Crippen LogP contribution >= 0.6 is 0 Å². The monoisotopic (exact) mass is 334 g/mol. The Balaban J connectivity index is 2.34. The third-order valence-corrected chi connectivity index (χ3v) is 2.97. The van der Waals surface area contributed by atoms with Crippen molar-refractivity contribution >= 4 is 17.9 Å². The van der Waals surface area contributed by atoms with Gasteiger partial charge in [0, 0.05) is 0 Å². The van der Waals surface area contributed by atoms with Crippen molar-refractivity contribution in [2.45, 2.75) is 0 Å². The summed E-state index contributed by atoms with van der Waals surface area (Å²) in [6.07, 6.45) is 0. The molecule has 0 aromatic heterocycles. The van der Waals surface area contributed by atoms with Crippen LogP contribution in [0.3, 0.4) is 0 Å². The number of hydrogen-bond acceptors (Lipinski definition) is 7. The first kappa shape index (κ1) is 16.6. The standard InChI is InChI=1S/C15H10O9/c16-10-2-1-6(3-7(10)13(19)20)24-15(23)9-5-11(17)8(14(21)22)4-12(9)18/h1-5,16-18H,(H,19,20)(H,21,22). The van der Waals surface area contributed by atoms with Gasteiger partial charge in [0.15, 0.2) is 0 Å². The number of benzene rings is 2. The van der Waals surface area contributed by atoms with Gasteiger partial charge in [-0.1, -0.05) is 0 Å². The fourth-order valence-electron chi connectivity index (χ4n) is 1.82. The fraction of sp³-hybridized carbons (Fsp3) is 0. The van der Waals surface area contributed by atoms with E-state index in [4.69, 9.17) is 14.9 Å². The molecule has 0 fully saturated rings. The third kappa shape index (κ3) is 3.19. The number of phenols is 3. The number of carbonyl (C=O) groups excluding carboxylic acids is 1. The second-order valence-corrected chi connectivity index (χ2v) is 4.57. The molecule has 2 aromatic rings. The van der Waals surface area contributed by atoms with E-state index < -0.39 is 51.8 Å². The van der Waals surface area contributed by atoms with Crippen LogP contribution < -0.4 is 4.74 Å². The molecule has 0 saturated carbocycles. The first-order chi connectivity index (χ1) is 11.2. The number of hydrogen-bond donors (Lipinski definition) is 5. The lowest BCUT2D eigenvalue weighted by Crippen LogP contribution is -2.10. The molecule has 0 spiro atoms. The molecule has 0 amide bonds. The zero-order valence-corrected chi connectivity index (χ0v) is 11.8. The largest absolute Gasteiger partial charge is 0.507 e. The van der Waals surface area contributed by atoms with Crippen LogP contribution in [0, 0.1) is 0 Å². The second-order valence-electron chi connectivity index (χ2n) is 4.57. The summed E-state index contributed by atoms with van der Waals surface area (Å²) in [6, 6.07) is 4.38. The van der Waals surface area contributed by atoms with Gasteiger partial charge < -0.3 is 30.3 Å². The Bertz CT molecular complexity index is 854. The lowest BCUT2D eigenvalue weighted by atomic mass is 10.1. The van der Waals surface area contributed by atoms with Crippen molar-refractivity contribution in [2.75, 3.05) is 0 Å². The summed E-state index contributed by atoms with van der Waals surface area (Å²) < 4.78 is 4.85. The number of esters is 1. The van der Waals surface area contributed by atoms with Crippen LogP contribution in [0.15, 0.2) is 30.3 Å². The van der Waals surface area contributed by atoms with Crippen molar-refractivity contribution in [1.29, 1.82) is 0 Å². The molecule has 0 aliphatic rings. The maximum Gasteiger partial charge on any atom is 0.347 e. The average Bonchev–Trinajstić information content (AvgIpc) is 2.50. The highest BCUT2D eigenvalue weighted by Gasteiger charge is 2.21. The van der Waals surface area contributed by atoms with Gasteiger partial charge in [0.2, 0.25) is 0 Å². The van der Waals surface area contributed by atoms with Gasteiger partial charge in [-0.3, -0.25) is 0 Å². The number of rotatable bonds is 4. The average molecular weight is 334 g/mol. The van der Waals surface area contributed by atoms with Gasteiger partial charge in [-0.05, 0) is 30.3 Å². The molecule has 0 unspecified atom stereocenters. The molecule has 24 heavy (non-hydrogen) atoms. The van der Waals surface area contributed by atoms with Crippen LogP contribution in [0.2, 0.25) is 0 Å². The van der Waals surface area contributed by atoms with Crippen LogP contribution in [-0.4, -0.2) is 43.4 Å². The summed E-state index contributed by atoms with van der Waals surface area (Å²) in [6.45, 7) is 0. The number of aromatic carboxylic acids is 2. The number of carboxylic acids is 2. The van der Waals surface area contributed by atoms with E-state index in [0.717, 1.165) is 18.2 Å². The van der Waals surface area contributed by atoms with Gasteiger partial charge in [0.1, 0.15) is 39.7 Å². The van der Waals surface area contributed by atoms with Gasteiger partial charge in [0.05, 0.1) is 0 Å². The minimum absolute atomic E-state index is 0.239. The van der Waals surface area contributed by atoms with Crippen molar-refractivity contribution in [1.82, 2.24) is 0 Å². The normalized spacial score (nSPS) is 10.2. The molecule has 0 radical (unpaired) electrons. The minimum Gasteiger partial charge on any atom is -0.507 e. The molecule has 2 aromatic carbocycles. The number of phenolic OH excluding ortho intramolecular Hbond substituents is 1. The Morgan fingerprint density at radius 2 is 1.21 bits per heavy atom. The van der Waals surface area contributed by atoms with E-state index in [2.05, 4.69) is 0 Å². The highest BCUT2D eigenvalue weighted by atomic mass is 16.5. The molecule has 2 rings (SSSR count). The summed E-state index contributed by atoms with van der Waals surface area (Å²) in [7, 11) is 0. The third-order valence-electron chi connectivity index (χ3n) is 2.97. The fourth-order valence-corrected chi connectivity index (χ4v) is 1.82. The highest BCUT2D eigenvalue weighted by molar-refractivity contribution is 5.98. The SMILES string of the molecule is O=C(O)c1cc(OC(=O)c2cc(O)c(C(=O)O)cc2O)ccc1O. The van der Waals surface area contributed by atoms with Crippen LogP contribution in [0.4, 0.5) is 0 Å². The Kier molecular flexibility index (Phi) is 4.27. The molecule has 124 valence electrons. The smallest absolute Gasteiger partial charge is 0.347 e. The van der Waals surface area contributed by atoms with Crippen LogP contribution in [0.5, 0.6) is 23.0 Å². The van der Waals surface area contributed by atoms with Crippen molar-refractivity contribution in [3.05, 3.63) is 47.0 Å². The molecule has 0 saturated heterocycles. The lowest BCUT2D eigenvalue weighted by Gasteiger charge is -2.09. The van der Waals surface area contributed by atoms with Gasteiger partial charge in [-0.15, -0.1) is 0 Å². The molecule has 9 nitrogen and oxygen atoms in total. The van der Waals surface area contributed by atoms with Crippen molar-refractivity contribution in [2.24, 2.45) is 0 Å². The maximum atomic E-state index is 12.0. The number of aromatic hydroxyl groups is 3. The van der Waals surface area contributed by atoms with E-state index in [9.17, 15) is 29.7 Å². The zero-order valence-electron chi connectivity index (χ0n) is 11.8. The number of ether oxygens (including phenoxy) is 1. The van der Waals surface area contributed by atoms with Gasteiger partial charge >= 0.3 is 17.9 Å². The molecule has 5 N–H and O–H groups in total. The molecular weight excluding hydrogens is 324 g/mol. The van der Waals surface area contributed by atoms with Crippen molar-refractivity contribution < 1.29 is 44.7 Å². The van der Waals surface area contributed by atoms with Crippen molar-refractivity contribution in [3.63, 3.8) is 0 Å². The Morgan fingerprint density at radius 3 is 1.79 bits per heavy atom. The van der Waals surface area contributed by atoms with Gasteiger partial charge in [-0.2, -0.15) is 0 Å². The summed E-state index contributed by atoms with van der Waals surface area (Å²) in [5, 5.41) is 46.3. The quantitative estimate of drug-likeness (QED) is 0.316. The first-order valence-electron chi connectivity index (χ1n) is 6.28. The molecule has 0 heterocycles. The van der Waals surface area contributed by atoms with E-state index in [1.54, 1.807) is 0 Å². The second kappa shape index (κ2) is 6.16. The predicted molar refractivity (Wildman–Crippen MR) is 76.8 cm³/mol. The van der Waals surface area contributed by atoms with Crippen LogP contribution in [0.1, 0.15) is 31.1 Å². The maximum absolute atomic E-state index is 12.0. The van der Waals surface area contributed by atoms with Crippen molar-refractivity contribution in [3.8, 4) is 23.0 Å². The predicted octanol–water partition coefficient (Wildman–Crippen LogP) is 1.42. The lowest BCUT2D eigenvalue weighted by molar-refractivity contribution is 0.0681. The van der Waals surface area contributed by atoms with E-state index in [0.29, 0.717) is 12.1 Å². The molecule has 0 bridgehead atoms. The first-order valence-corrected chi connectivity index (χ1v) is 6.28. The highest BCUT2D eigenvalue weighted by Crippen LogP contribution is 2.29. The van der Waals surface area contributed by atoms with Crippen LogP contribution in [-0.2, 0) is 0 Å². The zero-order chi connectivity index (χ0) is 18.0. The molecule has 0 atom stereocenters. The molecule has 9 heteroatoms. The summed E-state index contributed by atoms with van der Waals surface area (Å²) in [5.74, 6) is -6.40. The molecular formula is C15H10O9. The van der Waals surface area contributed by atoms with Gasteiger partial charge in [-0.25, -0.2) is 14.4 Å². The van der Waals surface area contributed by atoms with E-state index in [-0.39, 0.29) is 5.75 Å². The van der Waals surface area contributed by atoms with Gasteiger partial charge in [0.25, 0.3) is 0 Å². The molecule has 0 aliphatic heterocycles. The van der Waals surface area contributed by atoms with E-state index in [1.807, 2.05) is 0 Å². The Morgan fingerprint density at radius 1 is 0.708 bits per heavy atom. The summed E-state index contributed by atoms with van der Waals surface area (Å²) >= 11 is 0. The topological polar surface area (TPSA) is 162 Å². The summed E-state index contributed by atoms with van der Waals surface area (Å²) in [4.78, 5) is 33.7.